The van der Waals surface area contributed by atoms with Crippen molar-refractivity contribution in [3.63, 3.8) is 0 Å². The van der Waals surface area contributed by atoms with E-state index in [9.17, 15) is 5.11 Å². The lowest BCUT2D eigenvalue weighted by Gasteiger charge is -2.58. The van der Waals surface area contributed by atoms with E-state index >= 15 is 0 Å². The number of hydrogen-bond donors (Lipinski definition) is 1. The van der Waals surface area contributed by atoms with Gasteiger partial charge in [-0.05, 0) is 116 Å². The summed E-state index contributed by atoms with van der Waals surface area (Å²) in [7, 11) is 0. The van der Waals surface area contributed by atoms with Crippen LogP contribution in [-0.2, 0) is 0 Å². The van der Waals surface area contributed by atoms with E-state index in [1.54, 1.807) is 5.57 Å². The second-order valence-corrected chi connectivity index (χ2v) is 13.3. The molecule has 1 heteroatoms. The quantitative estimate of drug-likeness (QED) is 0.424. The molecule has 1 N–H and O–H groups in total. The Bertz CT molecular complexity index is 705. The summed E-state index contributed by atoms with van der Waals surface area (Å²) in [6, 6.07) is 0. The molecule has 4 rings (SSSR count). The third-order valence-corrected chi connectivity index (χ3v) is 11.8. The van der Waals surface area contributed by atoms with Crippen LogP contribution in [-0.4, -0.2) is 11.2 Å². The average molecular weight is 427 g/mol. The lowest BCUT2D eigenvalue weighted by molar-refractivity contribution is -0.0577. The molecule has 31 heavy (non-hydrogen) atoms. The van der Waals surface area contributed by atoms with Crippen LogP contribution in [0.2, 0.25) is 0 Å². The summed E-state index contributed by atoms with van der Waals surface area (Å²) in [6.07, 6.45) is 17.6. The van der Waals surface area contributed by atoms with Gasteiger partial charge in [-0.15, -0.1) is 6.58 Å². The summed E-state index contributed by atoms with van der Waals surface area (Å²) in [6.45, 7) is 19.1. The molecular weight excluding hydrogens is 376 g/mol. The Morgan fingerprint density at radius 2 is 1.87 bits per heavy atom. The van der Waals surface area contributed by atoms with Crippen molar-refractivity contribution in [3.05, 3.63) is 24.3 Å². The van der Waals surface area contributed by atoms with Crippen molar-refractivity contribution in [1.82, 2.24) is 0 Å². The SMILES string of the molecule is C=C[C@](C)(CC[C@@H](C)[C@H]1CC[C@H]2[C@@H]3CC=C4C[C@@H](O)CC[C@]4(C)[C@H]3CC[C@]12C)C(C)C. The first-order valence-corrected chi connectivity index (χ1v) is 13.6. The zero-order valence-electron chi connectivity index (χ0n) is 21.4. The Morgan fingerprint density at radius 1 is 1.13 bits per heavy atom. The minimum Gasteiger partial charge on any atom is -0.393 e. The Kier molecular flexibility index (Phi) is 6.35. The van der Waals surface area contributed by atoms with Gasteiger partial charge in [0.2, 0.25) is 0 Å². The van der Waals surface area contributed by atoms with E-state index in [-0.39, 0.29) is 11.5 Å². The number of fused-ring (bicyclic) bond motifs is 5. The van der Waals surface area contributed by atoms with Crippen molar-refractivity contribution in [3.8, 4) is 0 Å². The molecule has 1 nitrogen and oxygen atoms in total. The monoisotopic (exact) mass is 426 g/mol. The topological polar surface area (TPSA) is 20.2 Å². The van der Waals surface area contributed by atoms with Gasteiger partial charge in [0.25, 0.3) is 0 Å². The molecule has 4 aliphatic carbocycles. The number of aliphatic hydroxyl groups is 1. The molecule has 0 saturated heterocycles. The fourth-order valence-corrected chi connectivity index (χ4v) is 8.98. The predicted octanol–water partition coefficient (Wildman–Crippen LogP) is 8.19. The van der Waals surface area contributed by atoms with Gasteiger partial charge in [-0.25, -0.2) is 0 Å². The maximum absolute atomic E-state index is 10.3. The summed E-state index contributed by atoms with van der Waals surface area (Å²) in [5.41, 5.74) is 2.79. The predicted molar refractivity (Wildman–Crippen MR) is 133 cm³/mol. The largest absolute Gasteiger partial charge is 0.393 e. The molecule has 3 saturated carbocycles. The molecule has 0 heterocycles. The molecule has 0 radical (unpaired) electrons. The zero-order valence-corrected chi connectivity index (χ0v) is 21.4. The Hall–Kier alpha value is -0.560. The van der Waals surface area contributed by atoms with Crippen molar-refractivity contribution in [2.75, 3.05) is 0 Å². The second-order valence-electron chi connectivity index (χ2n) is 13.3. The third kappa shape index (κ3) is 3.79. The first kappa shape index (κ1) is 23.6. The molecule has 0 aromatic carbocycles. The van der Waals surface area contributed by atoms with Crippen LogP contribution in [0.5, 0.6) is 0 Å². The molecule has 0 unspecified atom stereocenters. The van der Waals surface area contributed by atoms with Crippen molar-refractivity contribution < 1.29 is 5.11 Å². The van der Waals surface area contributed by atoms with E-state index in [0.717, 1.165) is 42.4 Å². The van der Waals surface area contributed by atoms with Crippen LogP contribution < -0.4 is 0 Å². The van der Waals surface area contributed by atoms with Gasteiger partial charge >= 0.3 is 0 Å². The molecule has 0 aromatic rings. The van der Waals surface area contributed by atoms with Gasteiger partial charge in [0, 0.05) is 0 Å². The lowest BCUT2D eigenvalue weighted by atomic mass is 9.47. The highest BCUT2D eigenvalue weighted by Gasteiger charge is 2.59. The van der Waals surface area contributed by atoms with Crippen molar-refractivity contribution >= 4 is 0 Å². The van der Waals surface area contributed by atoms with E-state index in [0.29, 0.717) is 16.7 Å². The normalized spacial score (nSPS) is 45.2. The highest BCUT2D eigenvalue weighted by atomic mass is 16.3. The Morgan fingerprint density at radius 3 is 2.55 bits per heavy atom. The summed E-state index contributed by atoms with van der Waals surface area (Å²) in [5, 5.41) is 10.3. The van der Waals surface area contributed by atoms with Gasteiger partial charge in [0.1, 0.15) is 0 Å². The van der Waals surface area contributed by atoms with Crippen LogP contribution in [0, 0.1) is 51.8 Å². The summed E-state index contributed by atoms with van der Waals surface area (Å²) in [5.74, 6) is 5.03. The minimum atomic E-state index is -0.0893. The van der Waals surface area contributed by atoms with Crippen LogP contribution >= 0.6 is 0 Å². The zero-order chi connectivity index (χ0) is 22.6. The maximum atomic E-state index is 10.3. The van der Waals surface area contributed by atoms with E-state index in [2.05, 4.69) is 60.3 Å². The smallest absolute Gasteiger partial charge is 0.0577 e. The third-order valence-electron chi connectivity index (χ3n) is 11.8. The van der Waals surface area contributed by atoms with E-state index < -0.39 is 0 Å². The molecule has 0 amide bonds. The Labute approximate surface area is 193 Å². The summed E-state index contributed by atoms with van der Waals surface area (Å²) < 4.78 is 0. The van der Waals surface area contributed by atoms with Gasteiger partial charge < -0.3 is 5.11 Å². The average Bonchev–Trinajstić information content (AvgIpc) is 3.09. The molecule has 0 bridgehead atoms. The number of aliphatic hydroxyl groups excluding tert-OH is 1. The molecule has 4 aliphatic rings. The first-order valence-electron chi connectivity index (χ1n) is 13.6. The molecule has 0 aliphatic heterocycles. The molecule has 9 atom stereocenters. The highest BCUT2D eigenvalue weighted by Crippen LogP contribution is 2.67. The van der Waals surface area contributed by atoms with Crippen molar-refractivity contribution in [2.24, 2.45) is 51.8 Å². The molecule has 3 fully saturated rings. The van der Waals surface area contributed by atoms with Crippen LogP contribution in [0.3, 0.4) is 0 Å². The van der Waals surface area contributed by atoms with Crippen molar-refractivity contribution in [1.29, 1.82) is 0 Å². The highest BCUT2D eigenvalue weighted by molar-refractivity contribution is 5.25. The second kappa shape index (κ2) is 8.34. The van der Waals surface area contributed by atoms with E-state index in [1.165, 1.54) is 51.4 Å². The first-order chi connectivity index (χ1) is 14.5. The van der Waals surface area contributed by atoms with Crippen molar-refractivity contribution in [2.45, 2.75) is 112 Å². The maximum Gasteiger partial charge on any atom is 0.0577 e. The molecule has 0 spiro atoms. The molecule has 0 aromatic heterocycles. The lowest BCUT2D eigenvalue weighted by Crippen LogP contribution is -2.50. The van der Waals surface area contributed by atoms with Gasteiger partial charge in [0.15, 0.2) is 0 Å². The summed E-state index contributed by atoms with van der Waals surface area (Å²) in [4.78, 5) is 0. The van der Waals surface area contributed by atoms with Crippen LogP contribution in [0.1, 0.15) is 106 Å². The number of allylic oxidation sites excluding steroid dienone is 2. The number of rotatable bonds is 6. The van der Waals surface area contributed by atoms with Gasteiger partial charge in [-0.1, -0.05) is 59.3 Å². The van der Waals surface area contributed by atoms with E-state index in [4.69, 9.17) is 0 Å². The minimum absolute atomic E-state index is 0.0893. The molecular formula is C30H50O. The van der Waals surface area contributed by atoms with E-state index in [1.807, 2.05) is 0 Å². The van der Waals surface area contributed by atoms with Crippen LogP contribution in [0.15, 0.2) is 24.3 Å². The Balaban J connectivity index is 1.49. The van der Waals surface area contributed by atoms with Crippen LogP contribution in [0.25, 0.3) is 0 Å². The van der Waals surface area contributed by atoms with Gasteiger partial charge in [0.05, 0.1) is 6.10 Å². The van der Waals surface area contributed by atoms with Gasteiger partial charge in [-0.2, -0.15) is 0 Å². The summed E-state index contributed by atoms with van der Waals surface area (Å²) >= 11 is 0. The standard InChI is InChI=1S/C30H50O/c1-8-28(5,20(2)3)16-13-21(4)25-11-12-26-24-10-9-22-19-23(31)14-17-29(22,6)27(24)15-18-30(25,26)7/h8-9,20-21,23-27,31H,1,10-19H2,2-7H3/t21-,23+,24+,25-,26+,27+,28-,29+,30-/m1/s1. The fourth-order valence-electron chi connectivity index (χ4n) is 8.98. The number of hydrogen-bond acceptors (Lipinski definition) is 1. The van der Waals surface area contributed by atoms with Gasteiger partial charge in [-0.3, -0.25) is 0 Å². The molecule has 176 valence electrons. The van der Waals surface area contributed by atoms with Crippen LogP contribution in [0.4, 0.5) is 0 Å². The fraction of sp³-hybridized carbons (Fsp3) is 0.867.